The summed E-state index contributed by atoms with van der Waals surface area (Å²) in [6.45, 7) is 5.38. The highest BCUT2D eigenvalue weighted by Gasteiger charge is 2.21. The van der Waals surface area contributed by atoms with Crippen molar-refractivity contribution < 1.29 is 9.53 Å². The molecule has 14 heavy (non-hydrogen) atoms. The minimum atomic E-state index is -0.391. The Bertz CT molecular complexity index is 189. The van der Waals surface area contributed by atoms with Gasteiger partial charge < -0.3 is 15.8 Å². The number of carbonyl (C=O) groups excluding carboxylic acids is 1. The van der Waals surface area contributed by atoms with E-state index in [1.807, 2.05) is 13.8 Å². The Morgan fingerprint density at radius 1 is 1.43 bits per heavy atom. The van der Waals surface area contributed by atoms with Crippen LogP contribution in [0, 0.1) is 5.92 Å². The van der Waals surface area contributed by atoms with Crippen molar-refractivity contribution in [2.24, 2.45) is 11.7 Å². The van der Waals surface area contributed by atoms with Gasteiger partial charge in [-0.2, -0.15) is 0 Å². The summed E-state index contributed by atoms with van der Waals surface area (Å²) >= 11 is 0. The minimum absolute atomic E-state index is 0.0353. The average Bonchev–Trinajstić information content (AvgIpc) is 2.18. The first kappa shape index (κ1) is 11.5. The van der Waals surface area contributed by atoms with Crippen LogP contribution in [0.2, 0.25) is 0 Å². The summed E-state index contributed by atoms with van der Waals surface area (Å²) in [5, 5.41) is 2.96. The Hall–Kier alpha value is -0.610. The van der Waals surface area contributed by atoms with Gasteiger partial charge in [-0.25, -0.2) is 0 Å². The van der Waals surface area contributed by atoms with Gasteiger partial charge in [0.1, 0.15) is 0 Å². The van der Waals surface area contributed by atoms with Crippen LogP contribution in [0.3, 0.4) is 0 Å². The summed E-state index contributed by atoms with van der Waals surface area (Å²) in [5.41, 5.74) is 5.73. The van der Waals surface area contributed by atoms with Crippen LogP contribution in [0.5, 0.6) is 0 Å². The lowest BCUT2D eigenvalue weighted by Crippen LogP contribution is -2.49. The van der Waals surface area contributed by atoms with Crippen LogP contribution in [-0.2, 0) is 9.53 Å². The Balaban J connectivity index is 2.31. The fourth-order valence-electron chi connectivity index (χ4n) is 1.44. The smallest absolute Gasteiger partial charge is 0.237 e. The van der Waals surface area contributed by atoms with E-state index in [4.69, 9.17) is 10.5 Å². The summed E-state index contributed by atoms with van der Waals surface area (Å²) in [7, 11) is 0. The molecule has 0 aliphatic carbocycles. The van der Waals surface area contributed by atoms with Gasteiger partial charge in [0.15, 0.2) is 0 Å². The first-order valence-corrected chi connectivity index (χ1v) is 5.25. The number of hydrogen-bond donors (Lipinski definition) is 2. The maximum Gasteiger partial charge on any atom is 0.237 e. The van der Waals surface area contributed by atoms with Crippen molar-refractivity contribution in [3.05, 3.63) is 0 Å². The van der Waals surface area contributed by atoms with Crippen LogP contribution in [0.15, 0.2) is 0 Å². The maximum atomic E-state index is 11.6. The molecule has 1 atom stereocenters. The Morgan fingerprint density at radius 2 is 2.00 bits per heavy atom. The van der Waals surface area contributed by atoms with E-state index in [0.29, 0.717) is 0 Å². The van der Waals surface area contributed by atoms with E-state index in [0.717, 1.165) is 26.1 Å². The second-order valence-corrected chi connectivity index (χ2v) is 4.17. The molecule has 0 bridgehead atoms. The van der Waals surface area contributed by atoms with Crippen LogP contribution in [-0.4, -0.2) is 31.2 Å². The van der Waals surface area contributed by atoms with E-state index in [1.165, 1.54) is 0 Å². The molecule has 4 nitrogen and oxygen atoms in total. The lowest BCUT2D eigenvalue weighted by molar-refractivity contribution is -0.124. The molecular weight excluding hydrogens is 180 g/mol. The standard InChI is InChI=1S/C10H20N2O2/c1-7(2)9(11)10(13)12-8-3-5-14-6-4-8/h7-9H,3-6,11H2,1-2H3,(H,12,13)/t9-/m1/s1. The highest BCUT2D eigenvalue weighted by molar-refractivity contribution is 5.82. The van der Waals surface area contributed by atoms with E-state index in [-0.39, 0.29) is 17.9 Å². The molecule has 1 rings (SSSR count). The van der Waals surface area contributed by atoms with E-state index >= 15 is 0 Å². The van der Waals surface area contributed by atoms with Crippen molar-refractivity contribution in [3.63, 3.8) is 0 Å². The summed E-state index contributed by atoms with van der Waals surface area (Å²) in [6, 6.07) is -0.140. The van der Waals surface area contributed by atoms with Gasteiger partial charge in [-0.15, -0.1) is 0 Å². The van der Waals surface area contributed by atoms with E-state index < -0.39 is 6.04 Å². The predicted octanol–water partition coefficient (Wildman–Crippen LogP) is 0.265. The number of rotatable bonds is 3. The molecule has 0 saturated carbocycles. The lowest BCUT2D eigenvalue weighted by Gasteiger charge is -2.25. The second kappa shape index (κ2) is 5.32. The Kier molecular flexibility index (Phi) is 4.35. The van der Waals surface area contributed by atoms with Gasteiger partial charge in [-0.05, 0) is 18.8 Å². The van der Waals surface area contributed by atoms with Gasteiger partial charge in [0, 0.05) is 19.3 Å². The van der Waals surface area contributed by atoms with Gasteiger partial charge in [0.05, 0.1) is 6.04 Å². The van der Waals surface area contributed by atoms with E-state index in [1.54, 1.807) is 0 Å². The highest BCUT2D eigenvalue weighted by Crippen LogP contribution is 2.07. The molecule has 1 aliphatic rings. The minimum Gasteiger partial charge on any atom is -0.381 e. The van der Waals surface area contributed by atoms with Crippen molar-refractivity contribution in [3.8, 4) is 0 Å². The van der Waals surface area contributed by atoms with Crippen LogP contribution in [0.1, 0.15) is 26.7 Å². The zero-order valence-electron chi connectivity index (χ0n) is 8.95. The average molecular weight is 200 g/mol. The highest BCUT2D eigenvalue weighted by atomic mass is 16.5. The van der Waals surface area contributed by atoms with Crippen molar-refractivity contribution in [1.82, 2.24) is 5.32 Å². The Morgan fingerprint density at radius 3 is 2.50 bits per heavy atom. The number of nitrogens with two attached hydrogens (primary N) is 1. The molecule has 1 amide bonds. The molecular formula is C10H20N2O2. The number of amides is 1. The van der Waals surface area contributed by atoms with Crippen LogP contribution >= 0.6 is 0 Å². The molecule has 1 aliphatic heterocycles. The Labute approximate surface area is 85.2 Å². The van der Waals surface area contributed by atoms with Crippen LogP contribution in [0.4, 0.5) is 0 Å². The molecule has 1 heterocycles. The number of carbonyl (C=O) groups is 1. The number of nitrogens with one attached hydrogen (secondary N) is 1. The van der Waals surface area contributed by atoms with Gasteiger partial charge in [0.25, 0.3) is 0 Å². The third-order valence-corrected chi connectivity index (χ3v) is 2.59. The predicted molar refractivity (Wildman–Crippen MR) is 54.8 cm³/mol. The van der Waals surface area contributed by atoms with Crippen molar-refractivity contribution in [2.45, 2.75) is 38.8 Å². The van der Waals surface area contributed by atoms with Gasteiger partial charge >= 0.3 is 0 Å². The first-order chi connectivity index (χ1) is 6.61. The van der Waals surface area contributed by atoms with Crippen molar-refractivity contribution >= 4 is 5.91 Å². The molecule has 0 radical (unpaired) electrons. The van der Waals surface area contributed by atoms with Crippen LogP contribution in [0.25, 0.3) is 0 Å². The van der Waals surface area contributed by atoms with Gasteiger partial charge in [-0.3, -0.25) is 4.79 Å². The van der Waals surface area contributed by atoms with Gasteiger partial charge in [0.2, 0.25) is 5.91 Å². The molecule has 0 aromatic heterocycles. The maximum absolute atomic E-state index is 11.6. The molecule has 0 unspecified atom stereocenters. The lowest BCUT2D eigenvalue weighted by atomic mass is 10.0. The molecule has 1 fully saturated rings. The zero-order chi connectivity index (χ0) is 10.6. The largest absolute Gasteiger partial charge is 0.381 e. The van der Waals surface area contributed by atoms with Crippen LogP contribution < -0.4 is 11.1 Å². The quantitative estimate of drug-likeness (QED) is 0.687. The van der Waals surface area contributed by atoms with Crippen molar-refractivity contribution in [1.29, 1.82) is 0 Å². The topological polar surface area (TPSA) is 64.4 Å². The van der Waals surface area contributed by atoms with E-state index in [9.17, 15) is 4.79 Å². The third kappa shape index (κ3) is 3.27. The summed E-state index contributed by atoms with van der Waals surface area (Å²) in [5.74, 6) is 0.154. The fraction of sp³-hybridized carbons (Fsp3) is 0.900. The summed E-state index contributed by atoms with van der Waals surface area (Å²) in [6.07, 6.45) is 1.80. The van der Waals surface area contributed by atoms with Gasteiger partial charge in [-0.1, -0.05) is 13.8 Å². The molecule has 0 spiro atoms. The molecule has 3 N–H and O–H groups in total. The molecule has 0 aromatic carbocycles. The molecule has 1 saturated heterocycles. The SMILES string of the molecule is CC(C)[C@@H](N)C(=O)NC1CCOCC1. The molecule has 82 valence electrons. The third-order valence-electron chi connectivity index (χ3n) is 2.59. The second-order valence-electron chi connectivity index (χ2n) is 4.17. The summed E-state index contributed by atoms with van der Waals surface area (Å²) < 4.78 is 5.21. The molecule has 0 aromatic rings. The number of hydrogen-bond acceptors (Lipinski definition) is 3. The molecule has 4 heteroatoms. The fourth-order valence-corrected chi connectivity index (χ4v) is 1.44. The summed E-state index contributed by atoms with van der Waals surface area (Å²) in [4.78, 5) is 11.6. The first-order valence-electron chi connectivity index (χ1n) is 5.25. The monoisotopic (exact) mass is 200 g/mol. The zero-order valence-corrected chi connectivity index (χ0v) is 8.95. The number of ether oxygens (including phenoxy) is 1. The normalized spacial score (nSPS) is 20.9. The van der Waals surface area contributed by atoms with Crippen molar-refractivity contribution in [2.75, 3.05) is 13.2 Å². The van der Waals surface area contributed by atoms with E-state index in [2.05, 4.69) is 5.32 Å².